The summed E-state index contributed by atoms with van der Waals surface area (Å²) in [5, 5.41) is 13.8. The molecule has 2 N–H and O–H groups in total. The molecule has 6 heteroatoms. The van der Waals surface area contributed by atoms with E-state index in [0.717, 1.165) is 39.0 Å². The second-order valence-corrected chi connectivity index (χ2v) is 5.44. The van der Waals surface area contributed by atoms with Crippen molar-refractivity contribution in [3.8, 4) is 0 Å². The SMILES string of the molecule is CCOC(=O)N1CCN(CC2(O)CCNCC2)CC1. The molecule has 0 unspecified atom stereocenters. The van der Waals surface area contributed by atoms with Crippen LogP contribution in [0.15, 0.2) is 0 Å². The average molecular weight is 271 g/mol. The van der Waals surface area contributed by atoms with Crippen molar-refractivity contribution in [2.45, 2.75) is 25.4 Å². The molecule has 6 nitrogen and oxygen atoms in total. The van der Waals surface area contributed by atoms with E-state index in [1.165, 1.54) is 0 Å². The van der Waals surface area contributed by atoms with Crippen LogP contribution in [0.4, 0.5) is 4.79 Å². The van der Waals surface area contributed by atoms with Crippen LogP contribution in [0.25, 0.3) is 0 Å². The van der Waals surface area contributed by atoms with Crippen molar-refractivity contribution in [1.82, 2.24) is 15.1 Å². The summed E-state index contributed by atoms with van der Waals surface area (Å²) >= 11 is 0. The number of aliphatic hydroxyl groups is 1. The van der Waals surface area contributed by atoms with E-state index in [1.807, 2.05) is 6.92 Å². The monoisotopic (exact) mass is 271 g/mol. The summed E-state index contributed by atoms with van der Waals surface area (Å²) in [6.07, 6.45) is 1.40. The zero-order valence-corrected chi connectivity index (χ0v) is 11.7. The Morgan fingerprint density at radius 2 is 1.89 bits per heavy atom. The molecule has 2 aliphatic rings. The number of hydrogen-bond acceptors (Lipinski definition) is 5. The largest absolute Gasteiger partial charge is 0.450 e. The number of β-amino-alcohol motifs (C(OH)–C–C–N with tert-alkyl or cyclic N) is 1. The maximum absolute atomic E-state index is 11.6. The first-order chi connectivity index (χ1) is 9.13. The van der Waals surface area contributed by atoms with E-state index in [-0.39, 0.29) is 6.09 Å². The Morgan fingerprint density at radius 3 is 2.47 bits per heavy atom. The second-order valence-electron chi connectivity index (χ2n) is 5.44. The molecule has 0 atom stereocenters. The van der Waals surface area contributed by atoms with E-state index in [9.17, 15) is 9.90 Å². The van der Waals surface area contributed by atoms with Crippen molar-refractivity contribution in [2.24, 2.45) is 0 Å². The summed E-state index contributed by atoms with van der Waals surface area (Å²) in [6, 6.07) is 0. The Bertz CT molecular complexity index is 298. The van der Waals surface area contributed by atoms with Crippen LogP contribution >= 0.6 is 0 Å². The highest BCUT2D eigenvalue weighted by atomic mass is 16.6. The van der Waals surface area contributed by atoms with Crippen molar-refractivity contribution < 1.29 is 14.6 Å². The van der Waals surface area contributed by atoms with E-state index in [4.69, 9.17) is 4.74 Å². The van der Waals surface area contributed by atoms with Gasteiger partial charge in [-0.15, -0.1) is 0 Å². The van der Waals surface area contributed by atoms with Crippen LogP contribution < -0.4 is 5.32 Å². The highest BCUT2D eigenvalue weighted by Crippen LogP contribution is 2.20. The van der Waals surface area contributed by atoms with Crippen LogP contribution in [0.3, 0.4) is 0 Å². The number of piperazine rings is 1. The smallest absolute Gasteiger partial charge is 0.409 e. The third-order valence-electron chi connectivity index (χ3n) is 3.95. The van der Waals surface area contributed by atoms with Gasteiger partial charge >= 0.3 is 6.09 Å². The lowest BCUT2D eigenvalue weighted by molar-refractivity contribution is -0.0300. The number of nitrogens with one attached hydrogen (secondary N) is 1. The first kappa shape index (κ1) is 14.6. The fraction of sp³-hybridized carbons (Fsp3) is 0.923. The van der Waals surface area contributed by atoms with Gasteiger partial charge in [0.2, 0.25) is 0 Å². The summed E-state index contributed by atoms with van der Waals surface area (Å²) in [6.45, 7) is 7.74. The highest BCUT2D eigenvalue weighted by molar-refractivity contribution is 5.67. The fourth-order valence-electron chi connectivity index (χ4n) is 2.77. The summed E-state index contributed by atoms with van der Waals surface area (Å²) in [5.41, 5.74) is -0.558. The first-order valence-electron chi connectivity index (χ1n) is 7.20. The number of piperidine rings is 1. The van der Waals surface area contributed by atoms with Crippen molar-refractivity contribution in [3.05, 3.63) is 0 Å². The standard InChI is InChI=1S/C13H25N3O3/c1-2-19-12(17)16-9-7-15(8-10-16)11-13(18)3-5-14-6-4-13/h14,18H,2-11H2,1H3. The molecule has 2 aliphatic heterocycles. The van der Waals surface area contributed by atoms with Gasteiger partial charge in [0, 0.05) is 32.7 Å². The Balaban J connectivity index is 1.75. The quantitative estimate of drug-likeness (QED) is 0.749. The Morgan fingerprint density at radius 1 is 1.26 bits per heavy atom. The molecule has 0 bridgehead atoms. The van der Waals surface area contributed by atoms with Gasteiger partial charge in [-0.05, 0) is 32.9 Å². The molecule has 0 aromatic rings. The third kappa shape index (κ3) is 4.06. The minimum absolute atomic E-state index is 0.220. The molecule has 1 amide bonds. The molecule has 0 aromatic heterocycles. The van der Waals surface area contributed by atoms with Gasteiger partial charge in [0.25, 0.3) is 0 Å². The molecule has 0 aliphatic carbocycles. The number of carbonyl (C=O) groups is 1. The zero-order chi connectivity index (χ0) is 13.7. The van der Waals surface area contributed by atoms with Crippen LogP contribution in [0.2, 0.25) is 0 Å². The maximum atomic E-state index is 11.6. The lowest BCUT2D eigenvalue weighted by Crippen LogP contribution is -2.55. The molecule has 0 aromatic carbocycles. The Labute approximate surface area is 114 Å². The Kier molecular flexibility index (Phi) is 5.01. The normalized spacial score (nSPS) is 24.2. The number of hydrogen-bond donors (Lipinski definition) is 2. The van der Waals surface area contributed by atoms with Crippen LogP contribution in [0.1, 0.15) is 19.8 Å². The van der Waals surface area contributed by atoms with Gasteiger partial charge in [-0.25, -0.2) is 4.79 Å². The van der Waals surface area contributed by atoms with Crippen molar-refractivity contribution in [1.29, 1.82) is 0 Å². The molecule has 2 saturated heterocycles. The molecule has 0 saturated carbocycles. The summed E-state index contributed by atoms with van der Waals surface area (Å²) in [7, 11) is 0. The van der Waals surface area contributed by atoms with E-state index in [2.05, 4.69) is 10.2 Å². The lowest BCUT2D eigenvalue weighted by atomic mass is 9.91. The summed E-state index contributed by atoms with van der Waals surface area (Å²) < 4.78 is 5.00. The second kappa shape index (κ2) is 6.54. The number of rotatable bonds is 3. The average Bonchev–Trinajstić information content (AvgIpc) is 2.40. The third-order valence-corrected chi connectivity index (χ3v) is 3.95. The molecule has 110 valence electrons. The molecule has 2 rings (SSSR count). The molecule has 19 heavy (non-hydrogen) atoms. The van der Waals surface area contributed by atoms with Gasteiger partial charge in [-0.2, -0.15) is 0 Å². The van der Waals surface area contributed by atoms with E-state index in [1.54, 1.807) is 4.90 Å². The number of carbonyl (C=O) groups excluding carboxylic acids is 1. The number of ether oxygens (including phenoxy) is 1. The van der Waals surface area contributed by atoms with Gasteiger partial charge in [0.05, 0.1) is 12.2 Å². The van der Waals surface area contributed by atoms with Gasteiger partial charge < -0.3 is 20.1 Å². The van der Waals surface area contributed by atoms with Gasteiger partial charge in [-0.3, -0.25) is 4.90 Å². The van der Waals surface area contributed by atoms with Crippen molar-refractivity contribution in [2.75, 3.05) is 52.4 Å². The Hall–Kier alpha value is -0.850. The van der Waals surface area contributed by atoms with E-state index >= 15 is 0 Å². The lowest BCUT2D eigenvalue weighted by Gasteiger charge is -2.40. The molecular formula is C13H25N3O3. The van der Waals surface area contributed by atoms with E-state index < -0.39 is 5.60 Å². The van der Waals surface area contributed by atoms with Crippen molar-refractivity contribution >= 4 is 6.09 Å². The van der Waals surface area contributed by atoms with Crippen LogP contribution in [-0.2, 0) is 4.74 Å². The topological polar surface area (TPSA) is 65.0 Å². The van der Waals surface area contributed by atoms with Crippen LogP contribution in [-0.4, -0.2) is 79.0 Å². The minimum Gasteiger partial charge on any atom is -0.450 e. The predicted octanol–water partition coefficient (Wildman–Crippen LogP) is -0.125. The minimum atomic E-state index is -0.558. The van der Waals surface area contributed by atoms with Gasteiger partial charge in [0.15, 0.2) is 0 Å². The first-order valence-corrected chi connectivity index (χ1v) is 7.20. The number of nitrogens with zero attached hydrogens (tertiary/aromatic N) is 2. The molecular weight excluding hydrogens is 246 g/mol. The fourth-order valence-corrected chi connectivity index (χ4v) is 2.77. The molecule has 0 spiro atoms. The van der Waals surface area contributed by atoms with Crippen molar-refractivity contribution in [3.63, 3.8) is 0 Å². The van der Waals surface area contributed by atoms with Gasteiger partial charge in [-0.1, -0.05) is 0 Å². The van der Waals surface area contributed by atoms with E-state index in [0.29, 0.717) is 26.2 Å². The van der Waals surface area contributed by atoms with Gasteiger partial charge in [0.1, 0.15) is 0 Å². The predicted molar refractivity (Wildman–Crippen MR) is 72.1 cm³/mol. The highest BCUT2D eigenvalue weighted by Gasteiger charge is 2.33. The zero-order valence-electron chi connectivity index (χ0n) is 11.7. The van der Waals surface area contributed by atoms with Crippen LogP contribution in [0.5, 0.6) is 0 Å². The summed E-state index contributed by atoms with van der Waals surface area (Å²) in [4.78, 5) is 15.6. The molecule has 2 fully saturated rings. The van der Waals surface area contributed by atoms with Crippen LogP contribution in [0, 0.1) is 0 Å². The summed E-state index contributed by atoms with van der Waals surface area (Å²) in [5.74, 6) is 0. The molecule has 0 radical (unpaired) electrons. The number of amides is 1. The molecule has 2 heterocycles. The maximum Gasteiger partial charge on any atom is 0.409 e.